The number of aliphatic hydroxyl groups excluding tert-OH is 1. The van der Waals surface area contributed by atoms with E-state index in [1.807, 2.05) is 0 Å². The van der Waals surface area contributed by atoms with Crippen LogP contribution in [0.2, 0.25) is 0 Å². The number of carbonyl (C=O) groups is 1. The van der Waals surface area contributed by atoms with Crippen molar-refractivity contribution in [2.45, 2.75) is 59.1 Å². The highest BCUT2D eigenvalue weighted by molar-refractivity contribution is 5.67. The van der Waals surface area contributed by atoms with Gasteiger partial charge in [-0.1, -0.05) is 20.8 Å². The maximum Gasteiger partial charge on any atom is 0.306 e. The highest BCUT2D eigenvalue weighted by Gasteiger charge is 2.25. The van der Waals surface area contributed by atoms with Crippen LogP contribution in [0, 0.1) is 5.41 Å². The lowest BCUT2D eigenvalue weighted by atomic mass is 9.82. The van der Waals surface area contributed by atoms with E-state index >= 15 is 0 Å². The van der Waals surface area contributed by atoms with Crippen molar-refractivity contribution < 1.29 is 15.0 Å². The topological polar surface area (TPSA) is 69.6 Å². The number of carboxylic acids is 1. The maximum atomic E-state index is 10.4. The summed E-state index contributed by atoms with van der Waals surface area (Å²) in [5.74, 6) is -0.970. The highest BCUT2D eigenvalue weighted by atomic mass is 16.4. The van der Waals surface area contributed by atoms with Gasteiger partial charge in [-0.3, -0.25) is 4.79 Å². The Morgan fingerprint density at radius 3 is 2.12 bits per heavy atom. The highest BCUT2D eigenvalue weighted by Crippen LogP contribution is 2.26. The molecule has 0 rings (SSSR count). The maximum absolute atomic E-state index is 10.4. The van der Waals surface area contributed by atoms with Gasteiger partial charge in [-0.05, 0) is 25.7 Å². The molecule has 96 valence electrons. The molecule has 4 heteroatoms. The van der Waals surface area contributed by atoms with Crippen molar-refractivity contribution in [3.63, 3.8) is 0 Å². The Morgan fingerprint density at radius 2 is 1.75 bits per heavy atom. The van der Waals surface area contributed by atoms with Gasteiger partial charge in [0.15, 0.2) is 0 Å². The van der Waals surface area contributed by atoms with Gasteiger partial charge in [0.1, 0.15) is 0 Å². The van der Waals surface area contributed by atoms with Gasteiger partial charge in [0.25, 0.3) is 0 Å². The van der Waals surface area contributed by atoms with Crippen molar-refractivity contribution in [2.24, 2.45) is 5.41 Å². The van der Waals surface area contributed by atoms with E-state index in [1.165, 1.54) is 0 Å². The molecule has 0 saturated carbocycles. The van der Waals surface area contributed by atoms with Crippen molar-refractivity contribution in [1.29, 1.82) is 0 Å². The van der Waals surface area contributed by atoms with Gasteiger partial charge in [0.05, 0.1) is 12.5 Å². The standard InChI is InChI=1S/C12H25NO3/c1-11(2,3)8-12(4,5)13-7-9(14)6-10(15)16/h9,13-14H,6-8H2,1-5H3,(H,15,16). The number of β-amino-alcohol motifs (C(OH)–C–C–N with tert-alkyl or cyclic N) is 1. The minimum Gasteiger partial charge on any atom is -0.481 e. The van der Waals surface area contributed by atoms with Crippen LogP contribution in [0.15, 0.2) is 0 Å². The normalized spacial score (nSPS) is 14.9. The monoisotopic (exact) mass is 231 g/mol. The summed E-state index contributed by atoms with van der Waals surface area (Å²) >= 11 is 0. The summed E-state index contributed by atoms with van der Waals surface area (Å²) in [5, 5.41) is 21.2. The molecule has 0 aromatic rings. The van der Waals surface area contributed by atoms with E-state index in [0.717, 1.165) is 6.42 Å². The number of hydrogen-bond donors (Lipinski definition) is 3. The third-order valence-electron chi connectivity index (χ3n) is 2.20. The Balaban J connectivity index is 4.03. The zero-order chi connectivity index (χ0) is 13.0. The van der Waals surface area contributed by atoms with E-state index in [1.54, 1.807) is 0 Å². The number of aliphatic carboxylic acids is 1. The first kappa shape index (κ1) is 15.4. The summed E-state index contributed by atoms with van der Waals surface area (Å²) < 4.78 is 0. The first-order valence-electron chi connectivity index (χ1n) is 5.67. The second-order valence-corrected chi connectivity index (χ2v) is 6.25. The predicted molar refractivity (Wildman–Crippen MR) is 64.4 cm³/mol. The first-order valence-corrected chi connectivity index (χ1v) is 5.67. The molecule has 0 aliphatic heterocycles. The minimum atomic E-state index is -0.970. The van der Waals surface area contributed by atoms with Crippen LogP contribution in [0.4, 0.5) is 0 Å². The van der Waals surface area contributed by atoms with Crippen LogP contribution < -0.4 is 5.32 Å². The average Bonchev–Trinajstić information content (AvgIpc) is 1.95. The summed E-state index contributed by atoms with van der Waals surface area (Å²) in [4.78, 5) is 10.4. The molecule has 0 aromatic carbocycles. The Labute approximate surface area is 98.1 Å². The van der Waals surface area contributed by atoms with Gasteiger partial charge < -0.3 is 15.5 Å². The molecule has 1 unspecified atom stereocenters. The largest absolute Gasteiger partial charge is 0.481 e. The molecule has 0 aliphatic carbocycles. The van der Waals surface area contributed by atoms with Crippen molar-refractivity contribution in [3.05, 3.63) is 0 Å². The van der Waals surface area contributed by atoms with E-state index in [0.29, 0.717) is 6.54 Å². The number of carboxylic acid groups (broad SMARTS) is 1. The smallest absolute Gasteiger partial charge is 0.306 e. The zero-order valence-corrected chi connectivity index (χ0v) is 11.0. The Kier molecular flexibility index (Phi) is 5.42. The fourth-order valence-electron chi connectivity index (χ4n) is 2.06. The third-order valence-corrected chi connectivity index (χ3v) is 2.20. The van der Waals surface area contributed by atoms with Gasteiger partial charge in [-0.15, -0.1) is 0 Å². The summed E-state index contributed by atoms with van der Waals surface area (Å²) in [6, 6.07) is 0. The van der Waals surface area contributed by atoms with E-state index in [9.17, 15) is 9.90 Å². The van der Waals surface area contributed by atoms with Gasteiger partial charge in [0.2, 0.25) is 0 Å². The van der Waals surface area contributed by atoms with Crippen LogP contribution in [-0.2, 0) is 4.79 Å². The molecule has 0 heterocycles. The summed E-state index contributed by atoms with van der Waals surface area (Å²) in [6.45, 7) is 10.9. The number of nitrogens with one attached hydrogen (secondary N) is 1. The minimum absolute atomic E-state index is 0.0995. The number of hydrogen-bond acceptors (Lipinski definition) is 3. The second kappa shape index (κ2) is 5.64. The lowest BCUT2D eigenvalue weighted by Crippen LogP contribution is -2.46. The molecule has 0 fully saturated rings. The molecular formula is C12H25NO3. The third kappa shape index (κ3) is 8.68. The lowest BCUT2D eigenvalue weighted by Gasteiger charge is -2.34. The van der Waals surface area contributed by atoms with E-state index in [2.05, 4.69) is 39.9 Å². The average molecular weight is 231 g/mol. The lowest BCUT2D eigenvalue weighted by molar-refractivity contribution is -0.139. The number of rotatable bonds is 6. The van der Waals surface area contributed by atoms with Gasteiger partial charge >= 0.3 is 5.97 Å². The Hall–Kier alpha value is -0.610. The van der Waals surface area contributed by atoms with E-state index < -0.39 is 12.1 Å². The van der Waals surface area contributed by atoms with Crippen molar-refractivity contribution in [3.8, 4) is 0 Å². The molecule has 3 N–H and O–H groups in total. The molecule has 4 nitrogen and oxygen atoms in total. The van der Waals surface area contributed by atoms with Crippen LogP contribution in [0.5, 0.6) is 0 Å². The molecule has 0 amide bonds. The molecular weight excluding hydrogens is 206 g/mol. The fourth-order valence-corrected chi connectivity index (χ4v) is 2.06. The zero-order valence-electron chi connectivity index (χ0n) is 11.0. The Morgan fingerprint density at radius 1 is 1.25 bits per heavy atom. The van der Waals surface area contributed by atoms with Crippen LogP contribution in [-0.4, -0.2) is 34.4 Å². The first-order chi connectivity index (χ1) is 7.02. The molecule has 0 radical (unpaired) electrons. The van der Waals surface area contributed by atoms with Crippen molar-refractivity contribution >= 4 is 5.97 Å². The molecule has 0 saturated heterocycles. The summed E-state index contributed by atoms with van der Waals surface area (Å²) in [7, 11) is 0. The van der Waals surface area contributed by atoms with Crippen LogP contribution in [0.3, 0.4) is 0 Å². The summed E-state index contributed by atoms with van der Waals surface area (Å²) in [5.41, 5.74) is 0.103. The summed E-state index contributed by atoms with van der Waals surface area (Å²) in [6.07, 6.45) is -0.0741. The fraction of sp³-hybridized carbons (Fsp3) is 0.917. The van der Waals surface area contributed by atoms with Crippen LogP contribution in [0.25, 0.3) is 0 Å². The molecule has 0 aromatic heterocycles. The molecule has 1 atom stereocenters. The second-order valence-electron chi connectivity index (χ2n) is 6.25. The van der Waals surface area contributed by atoms with Gasteiger partial charge in [-0.2, -0.15) is 0 Å². The van der Waals surface area contributed by atoms with Crippen LogP contribution >= 0.6 is 0 Å². The van der Waals surface area contributed by atoms with Gasteiger partial charge in [0, 0.05) is 12.1 Å². The quantitative estimate of drug-likeness (QED) is 0.650. The van der Waals surface area contributed by atoms with E-state index in [-0.39, 0.29) is 17.4 Å². The predicted octanol–water partition coefficient (Wildman–Crippen LogP) is 1.63. The van der Waals surface area contributed by atoms with Crippen molar-refractivity contribution in [1.82, 2.24) is 5.32 Å². The molecule has 16 heavy (non-hydrogen) atoms. The van der Waals surface area contributed by atoms with Crippen molar-refractivity contribution in [2.75, 3.05) is 6.54 Å². The SMILES string of the molecule is CC(C)(C)CC(C)(C)NCC(O)CC(=O)O. The molecule has 0 spiro atoms. The van der Waals surface area contributed by atoms with E-state index in [4.69, 9.17) is 5.11 Å². The molecule has 0 aliphatic rings. The van der Waals surface area contributed by atoms with Crippen LogP contribution in [0.1, 0.15) is 47.5 Å². The number of aliphatic hydroxyl groups is 1. The van der Waals surface area contributed by atoms with Gasteiger partial charge in [-0.25, -0.2) is 0 Å². The Bertz CT molecular complexity index is 231. The molecule has 0 bridgehead atoms.